The molecule has 0 aliphatic carbocycles. The standard InChI is InChI=1S/C11H9BrFN3O3/c1-6-14-11(19-16-6)15-10(17)5-18-9-3-2-7(12)4-8(9)13/h2-4H,5H2,1H3,(H,14,15,16,17). The average Bonchev–Trinajstić information content (AvgIpc) is 2.73. The van der Waals surface area contributed by atoms with Crippen LogP contribution in [-0.2, 0) is 4.79 Å². The van der Waals surface area contributed by atoms with Crippen LogP contribution in [0.4, 0.5) is 10.4 Å². The van der Waals surface area contributed by atoms with Gasteiger partial charge in [-0.15, -0.1) is 0 Å². The molecule has 2 aromatic rings. The summed E-state index contributed by atoms with van der Waals surface area (Å²) < 4.78 is 23.7. The molecule has 1 N–H and O–H groups in total. The quantitative estimate of drug-likeness (QED) is 0.931. The van der Waals surface area contributed by atoms with Crippen LogP contribution in [0.15, 0.2) is 27.2 Å². The molecule has 1 aromatic carbocycles. The highest BCUT2D eigenvalue weighted by Crippen LogP contribution is 2.21. The number of carbonyl (C=O) groups excluding carboxylic acids is 1. The first-order valence-corrected chi connectivity index (χ1v) is 6.02. The van der Waals surface area contributed by atoms with E-state index in [0.29, 0.717) is 10.3 Å². The van der Waals surface area contributed by atoms with Gasteiger partial charge < -0.3 is 9.26 Å². The molecule has 0 aliphatic rings. The van der Waals surface area contributed by atoms with E-state index >= 15 is 0 Å². The molecule has 0 saturated carbocycles. The van der Waals surface area contributed by atoms with Crippen molar-refractivity contribution in [1.29, 1.82) is 0 Å². The number of nitrogens with one attached hydrogen (secondary N) is 1. The summed E-state index contributed by atoms with van der Waals surface area (Å²) in [6.45, 7) is 1.26. The van der Waals surface area contributed by atoms with Gasteiger partial charge in [-0.05, 0) is 25.1 Å². The predicted octanol–water partition coefficient (Wildman–Crippen LogP) is 2.30. The van der Waals surface area contributed by atoms with E-state index < -0.39 is 11.7 Å². The molecule has 0 bridgehead atoms. The molecule has 8 heteroatoms. The third kappa shape index (κ3) is 3.75. The van der Waals surface area contributed by atoms with Gasteiger partial charge in [0.15, 0.2) is 24.0 Å². The van der Waals surface area contributed by atoms with Gasteiger partial charge in [0.25, 0.3) is 5.91 Å². The molecule has 19 heavy (non-hydrogen) atoms. The molecular formula is C11H9BrFN3O3. The largest absolute Gasteiger partial charge is 0.481 e. The number of aryl methyl sites for hydroxylation is 1. The lowest BCUT2D eigenvalue weighted by molar-refractivity contribution is -0.118. The van der Waals surface area contributed by atoms with Gasteiger partial charge in [-0.3, -0.25) is 10.1 Å². The van der Waals surface area contributed by atoms with Crippen LogP contribution >= 0.6 is 15.9 Å². The topological polar surface area (TPSA) is 77.2 Å². The second-order valence-electron chi connectivity index (χ2n) is 3.56. The molecule has 0 atom stereocenters. The van der Waals surface area contributed by atoms with Gasteiger partial charge in [-0.1, -0.05) is 21.1 Å². The molecule has 0 saturated heterocycles. The molecule has 1 heterocycles. The number of amides is 1. The molecule has 6 nitrogen and oxygen atoms in total. The van der Waals surface area contributed by atoms with Crippen molar-refractivity contribution in [3.05, 3.63) is 34.3 Å². The van der Waals surface area contributed by atoms with E-state index in [1.54, 1.807) is 13.0 Å². The van der Waals surface area contributed by atoms with Crippen molar-refractivity contribution in [2.75, 3.05) is 11.9 Å². The van der Waals surface area contributed by atoms with E-state index in [2.05, 4.69) is 31.4 Å². The molecule has 0 unspecified atom stereocenters. The Kier molecular flexibility index (Phi) is 4.10. The van der Waals surface area contributed by atoms with Gasteiger partial charge in [0.1, 0.15) is 0 Å². The zero-order valence-corrected chi connectivity index (χ0v) is 11.4. The van der Waals surface area contributed by atoms with Crippen molar-refractivity contribution >= 4 is 27.9 Å². The lowest BCUT2D eigenvalue weighted by Gasteiger charge is -2.06. The Morgan fingerprint density at radius 3 is 3.00 bits per heavy atom. The molecule has 0 aliphatic heterocycles. The van der Waals surface area contributed by atoms with E-state index in [-0.39, 0.29) is 18.4 Å². The summed E-state index contributed by atoms with van der Waals surface area (Å²) >= 11 is 3.12. The fourth-order valence-electron chi connectivity index (χ4n) is 1.24. The number of hydrogen-bond donors (Lipinski definition) is 1. The Labute approximate surface area is 116 Å². The van der Waals surface area contributed by atoms with Crippen molar-refractivity contribution in [2.24, 2.45) is 0 Å². The van der Waals surface area contributed by atoms with Crippen LogP contribution in [0.2, 0.25) is 0 Å². The highest BCUT2D eigenvalue weighted by Gasteiger charge is 2.10. The minimum atomic E-state index is -0.559. The van der Waals surface area contributed by atoms with Crippen LogP contribution in [0.3, 0.4) is 0 Å². The number of carbonyl (C=O) groups is 1. The third-order valence-corrected chi connectivity index (χ3v) is 2.52. The van der Waals surface area contributed by atoms with Crippen LogP contribution in [0.25, 0.3) is 0 Å². The lowest BCUT2D eigenvalue weighted by Crippen LogP contribution is -2.20. The first-order valence-electron chi connectivity index (χ1n) is 5.22. The molecule has 100 valence electrons. The van der Waals surface area contributed by atoms with Gasteiger partial charge in [0, 0.05) is 4.47 Å². The first kappa shape index (κ1) is 13.5. The van der Waals surface area contributed by atoms with Gasteiger partial charge in [-0.2, -0.15) is 4.98 Å². The normalized spacial score (nSPS) is 10.3. The fourth-order valence-corrected chi connectivity index (χ4v) is 1.57. The maximum Gasteiger partial charge on any atom is 0.328 e. The SMILES string of the molecule is Cc1noc(NC(=O)COc2ccc(Br)cc2F)n1. The first-order chi connectivity index (χ1) is 9.04. The monoisotopic (exact) mass is 329 g/mol. The van der Waals surface area contributed by atoms with E-state index in [0.717, 1.165) is 0 Å². The molecule has 1 aromatic heterocycles. The van der Waals surface area contributed by atoms with Crippen molar-refractivity contribution in [3.63, 3.8) is 0 Å². The summed E-state index contributed by atoms with van der Waals surface area (Å²) in [4.78, 5) is 15.3. The highest BCUT2D eigenvalue weighted by molar-refractivity contribution is 9.10. The fraction of sp³-hybridized carbons (Fsp3) is 0.182. The van der Waals surface area contributed by atoms with Gasteiger partial charge in [0.2, 0.25) is 0 Å². The van der Waals surface area contributed by atoms with Crippen LogP contribution in [0.5, 0.6) is 5.75 Å². The van der Waals surface area contributed by atoms with Crippen LogP contribution in [0.1, 0.15) is 5.82 Å². The number of benzene rings is 1. The number of halogens is 2. The second-order valence-corrected chi connectivity index (χ2v) is 4.47. The number of nitrogens with zero attached hydrogens (tertiary/aromatic N) is 2. The summed E-state index contributed by atoms with van der Waals surface area (Å²) in [5.74, 6) is -0.697. The highest BCUT2D eigenvalue weighted by atomic mass is 79.9. The Morgan fingerprint density at radius 1 is 1.58 bits per heavy atom. The van der Waals surface area contributed by atoms with Gasteiger partial charge in [0.05, 0.1) is 0 Å². The second kappa shape index (κ2) is 5.79. The average molecular weight is 330 g/mol. The minimum absolute atomic E-state index is 0.0138. The zero-order chi connectivity index (χ0) is 13.8. The Hall–Kier alpha value is -1.96. The van der Waals surface area contributed by atoms with E-state index in [1.807, 2.05) is 0 Å². The Morgan fingerprint density at radius 2 is 2.37 bits per heavy atom. The molecular weight excluding hydrogens is 321 g/mol. The Balaban J connectivity index is 1.89. The Bertz CT molecular complexity index is 603. The minimum Gasteiger partial charge on any atom is -0.481 e. The van der Waals surface area contributed by atoms with Crippen molar-refractivity contribution in [1.82, 2.24) is 10.1 Å². The third-order valence-electron chi connectivity index (χ3n) is 2.03. The number of anilines is 1. The number of aromatic nitrogens is 2. The summed E-state index contributed by atoms with van der Waals surface area (Å²) in [6.07, 6.45) is 0. The molecule has 0 spiro atoms. The van der Waals surface area contributed by atoms with E-state index in [4.69, 9.17) is 9.26 Å². The van der Waals surface area contributed by atoms with E-state index in [1.165, 1.54) is 12.1 Å². The number of ether oxygens (including phenoxy) is 1. The smallest absolute Gasteiger partial charge is 0.328 e. The summed E-state index contributed by atoms with van der Waals surface area (Å²) in [5, 5.41) is 5.83. The van der Waals surface area contributed by atoms with Crippen LogP contribution in [-0.4, -0.2) is 22.7 Å². The number of hydrogen-bond acceptors (Lipinski definition) is 5. The van der Waals surface area contributed by atoms with Gasteiger partial charge in [-0.25, -0.2) is 4.39 Å². The predicted molar refractivity (Wildman–Crippen MR) is 67.3 cm³/mol. The molecule has 1 amide bonds. The summed E-state index contributed by atoms with van der Waals surface area (Å²) in [6, 6.07) is 4.25. The zero-order valence-electron chi connectivity index (χ0n) is 9.81. The van der Waals surface area contributed by atoms with Crippen LogP contribution < -0.4 is 10.1 Å². The van der Waals surface area contributed by atoms with Crippen molar-refractivity contribution in [3.8, 4) is 5.75 Å². The van der Waals surface area contributed by atoms with Crippen LogP contribution in [0, 0.1) is 12.7 Å². The van der Waals surface area contributed by atoms with E-state index in [9.17, 15) is 9.18 Å². The van der Waals surface area contributed by atoms with Gasteiger partial charge >= 0.3 is 6.01 Å². The van der Waals surface area contributed by atoms with Crippen molar-refractivity contribution in [2.45, 2.75) is 6.92 Å². The summed E-state index contributed by atoms with van der Waals surface area (Å²) in [5.41, 5.74) is 0. The molecule has 0 fully saturated rings. The summed E-state index contributed by atoms with van der Waals surface area (Å²) in [7, 11) is 0. The van der Waals surface area contributed by atoms with Crippen molar-refractivity contribution < 1.29 is 18.4 Å². The molecule has 0 radical (unpaired) electrons. The maximum absolute atomic E-state index is 13.4. The molecule has 2 rings (SSSR count). The number of rotatable bonds is 4. The lowest BCUT2D eigenvalue weighted by atomic mass is 10.3. The maximum atomic E-state index is 13.4.